The molecule has 0 radical (unpaired) electrons. The Kier molecular flexibility index (Phi) is 5.28. The first-order chi connectivity index (χ1) is 14.9. The minimum absolute atomic E-state index is 0.0917. The number of halogens is 2. The molecule has 0 spiro atoms. The van der Waals surface area contributed by atoms with Crippen LogP contribution in [-0.2, 0) is 9.59 Å². The molecule has 2 amide bonds. The Morgan fingerprint density at radius 1 is 1.13 bits per heavy atom. The quantitative estimate of drug-likeness (QED) is 0.628. The first-order valence-corrected chi connectivity index (χ1v) is 9.27. The highest BCUT2D eigenvalue weighted by molar-refractivity contribution is 6.04. The SMILES string of the molecule is COc1ccc(-c2cnn3c2NC(=O)C3CC(=O)Nc2ccc(F)c(F)c2)cc1OC. The van der Waals surface area contributed by atoms with Crippen molar-refractivity contribution in [1.82, 2.24) is 9.78 Å². The van der Waals surface area contributed by atoms with Crippen LogP contribution in [0.2, 0.25) is 0 Å². The van der Waals surface area contributed by atoms with E-state index < -0.39 is 29.5 Å². The zero-order valence-electron chi connectivity index (χ0n) is 16.6. The van der Waals surface area contributed by atoms with Crippen molar-refractivity contribution in [2.75, 3.05) is 24.9 Å². The number of nitrogens with one attached hydrogen (secondary N) is 2. The molecule has 1 aliphatic heterocycles. The Balaban J connectivity index is 1.55. The molecule has 1 aliphatic rings. The number of hydrogen-bond donors (Lipinski definition) is 2. The summed E-state index contributed by atoms with van der Waals surface area (Å²) in [5.74, 6) is -1.50. The largest absolute Gasteiger partial charge is 0.493 e. The average Bonchev–Trinajstić information content (AvgIpc) is 3.29. The first-order valence-electron chi connectivity index (χ1n) is 9.27. The lowest BCUT2D eigenvalue weighted by molar-refractivity contribution is -0.123. The van der Waals surface area contributed by atoms with E-state index in [4.69, 9.17) is 9.47 Å². The van der Waals surface area contributed by atoms with Crippen LogP contribution in [0.15, 0.2) is 42.6 Å². The zero-order chi connectivity index (χ0) is 22.1. The Bertz CT molecular complexity index is 1180. The summed E-state index contributed by atoms with van der Waals surface area (Å²) in [6.07, 6.45) is 1.35. The maximum absolute atomic E-state index is 13.3. The maximum atomic E-state index is 13.3. The fraction of sp³-hybridized carbons (Fsp3) is 0.190. The van der Waals surface area contributed by atoms with Gasteiger partial charge in [-0.05, 0) is 29.8 Å². The highest BCUT2D eigenvalue weighted by Gasteiger charge is 2.35. The zero-order valence-corrected chi connectivity index (χ0v) is 16.6. The van der Waals surface area contributed by atoms with Gasteiger partial charge < -0.3 is 20.1 Å². The molecule has 8 nitrogen and oxygen atoms in total. The summed E-state index contributed by atoms with van der Waals surface area (Å²) < 4.78 is 38.4. The number of anilines is 2. The van der Waals surface area contributed by atoms with Gasteiger partial charge in [-0.1, -0.05) is 6.07 Å². The van der Waals surface area contributed by atoms with E-state index >= 15 is 0 Å². The molecule has 160 valence electrons. The van der Waals surface area contributed by atoms with Gasteiger partial charge in [0.15, 0.2) is 23.1 Å². The van der Waals surface area contributed by atoms with Crippen LogP contribution >= 0.6 is 0 Å². The van der Waals surface area contributed by atoms with Crippen molar-refractivity contribution < 1.29 is 27.8 Å². The average molecular weight is 428 g/mol. The van der Waals surface area contributed by atoms with Crippen molar-refractivity contribution in [2.45, 2.75) is 12.5 Å². The van der Waals surface area contributed by atoms with Gasteiger partial charge in [-0.15, -0.1) is 0 Å². The van der Waals surface area contributed by atoms with E-state index in [0.29, 0.717) is 22.9 Å². The number of benzene rings is 2. The Morgan fingerprint density at radius 3 is 2.61 bits per heavy atom. The highest BCUT2D eigenvalue weighted by atomic mass is 19.2. The fourth-order valence-electron chi connectivity index (χ4n) is 3.39. The molecule has 3 aromatic rings. The van der Waals surface area contributed by atoms with Crippen molar-refractivity contribution in [2.24, 2.45) is 0 Å². The van der Waals surface area contributed by atoms with Crippen LogP contribution in [0.5, 0.6) is 11.5 Å². The second-order valence-electron chi connectivity index (χ2n) is 6.81. The van der Waals surface area contributed by atoms with Crippen LogP contribution in [0.3, 0.4) is 0 Å². The number of fused-ring (bicyclic) bond motifs is 1. The van der Waals surface area contributed by atoms with Crippen LogP contribution in [0.25, 0.3) is 11.1 Å². The minimum atomic E-state index is -1.08. The van der Waals surface area contributed by atoms with E-state index in [1.165, 1.54) is 25.0 Å². The fourth-order valence-corrected chi connectivity index (χ4v) is 3.39. The monoisotopic (exact) mass is 428 g/mol. The normalized spacial score (nSPS) is 14.7. The van der Waals surface area contributed by atoms with Crippen LogP contribution in [0, 0.1) is 11.6 Å². The molecule has 0 bridgehead atoms. The lowest BCUT2D eigenvalue weighted by Crippen LogP contribution is -2.23. The summed E-state index contributed by atoms with van der Waals surface area (Å²) in [6, 6.07) is 7.43. The second kappa shape index (κ2) is 8.05. The highest BCUT2D eigenvalue weighted by Crippen LogP contribution is 2.39. The number of rotatable bonds is 6. The van der Waals surface area contributed by atoms with E-state index in [9.17, 15) is 18.4 Å². The summed E-state index contributed by atoms with van der Waals surface area (Å²) in [6.45, 7) is 0. The van der Waals surface area contributed by atoms with Crippen LogP contribution in [0.4, 0.5) is 20.3 Å². The molecule has 4 rings (SSSR count). The van der Waals surface area contributed by atoms with E-state index in [-0.39, 0.29) is 12.1 Å². The molecular weight excluding hydrogens is 410 g/mol. The van der Waals surface area contributed by atoms with Gasteiger partial charge in [0.25, 0.3) is 5.91 Å². The van der Waals surface area contributed by atoms with Crippen LogP contribution in [-0.4, -0.2) is 35.8 Å². The third kappa shape index (κ3) is 3.79. The van der Waals surface area contributed by atoms with E-state index in [0.717, 1.165) is 17.7 Å². The van der Waals surface area contributed by atoms with Crippen LogP contribution < -0.4 is 20.1 Å². The van der Waals surface area contributed by atoms with Crippen molar-refractivity contribution in [3.63, 3.8) is 0 Å². The predicted octanol–water partition coefficient (Wildman–Crippen LogP) is 3.37. The first kappa shape index (κ1) is 20.3. The lowest BCUT2D eigenvalue weighted by Gasteiger charge is -2.10. The van der Waals surface area contributed by atoms with Gasteiger partial charge in [0.2, 0.25) is 5.91 Å². The Labute approximate surface area is 175 Å². The number of amides is 2. The predicted molar refractivity (Wildman–Crippen MR) is 108 cm³/mol. The van der Waals surface area contributed by atoms with Crippen molar-refractivity contribution in [3.05, 3.63) is 54.2 Å². The topological polar surface area (TPSA) is 94.5 Å². The molecule has 0 fully saturated rings. The number of ether oxygens (including phenoxy) is 2. The molecular formula is C21H18F2N4O4. The minimum Gasteiger partial charge on any atom is -0.493 e. The van der Waals surface area contributed by atoms with Gasteiger partial charge in [-0.25, -0.2) is 13.5 Å². The standard InChI is InChI=1S/C21H18F2N4O4/c1-30-17-6-3-11(7-18(17)31-2)13-10-24-27-16(21(29)26-20(13)27)9-19(28)25-12-4-5-14(22)15(23)8-12/h3-8,10,16H,9H2,1-2H3,(H,25,28)(H,26,29). The van der Waals surface area contributed by atoms with Crippen molar-refractivity contribution >= 4 is 23.3 Å². The smallest absolute Gasteiger partial charge is 0.251 e. The van der Waals surface area contributed by atoms with E-state index in [1.54, 1.807) is 24.4 Å². The molecule has 2 aromatic carbocycles. The molecule has 0 aliphatic carbocycles. The van der Waals surface area contributed by atoms with Crippen LogP contribution in [0.1, 0.15) is 12.5 Å². The summed E-state index contributed by atoms with van der Waals surface area (Å²) in [5, 5.41) is 9.46. The Hall–Kier alpha value is -3.95. The maximum Gasteiger partial charge on any atom is 0.251 e. The van der Waals surface area contributed by atoms with E-state index in [2.05, 4.69) is 15.7 Å². The number of aromatic nitrogens is 2. The molecule has 2 heterocycles. The van der Waals surface area contributed by atoms with Gasteiger partial charge in [0.1, 0.15) is 11.9 Å². The third-order valence-corrected chi connectivity index (χ3v) is 4.91. The molecule has 1 unspecified atom stereocenters. The second-order valence-corrected chi connectivity index (χ2v) is 6.81. The molecule has 1 atom stereocenters. The van der Waals surface area contributed by atoms with Crippen molar-refractivity contribution in [1.29, 1.82) is 0 Å². The molecule has 31 heavy (non-hydrogen) atoms. The number of methoxy groups -OCH3 is 2. The summed E-state index contributed by atoms with van der Waals surface area (Å²) in [5.41, 5.74) is 1.48. The number of nitrogens with zero attached hydrogens (tertiary/aromatic N) is 2. The summed E-state index contributed by atoms with van der Waals surface area (Å²) >= 11 is 0. The molecule has 0 saturated carbocycles. The van der Waals surface area contributed by atoms with E-state index in [1.807, 2.05) is 0 Å². The summed E-state index contributed by atoms with van der Waals surface area (Å²) in [7, 11) is 3.05. The van der Waals surface area contributed by atoms with Gasteiger partial charge in [-0.3, -0.25) is 9.59 Å². The van der Waals surface area contributed by atoms with Gasteiger partial charge >= 0.3 is 0 Å². The Morgan fingerprint density at radius 2 is 1.90 bits per heavy atom. The molecule has 2 N–H and O–H groups in total. The molecule has 1 aromatic heterocycles. The van der Waals surface area contributed by atoms with Gasteiger partial charge in [0.05, 0.1) is 26.8 Å². The molecule has 0 saturated heterocycles. The lowest BCUT2D eigenvalue weighted by atomic mass is 10.1. The number of hydrogen-bond acceptors (Lipinski definition) is 5. The molecule has 10 heteroatoms. The van der Waals surface area contributed by atoms with Crippen molar-refractivity contribution in [3.8, 4) is 22.6 Å². The summed E-state index contributed by atoms with van der Waals surface area (Å²) in [4.78, 5) is 24.9. The van der Waals surface area contributed by atoms with Gasteiger partial charge in [-0.2, -0.15) is 5.10 Å². The third-order valence-electron chi connectivity index (χ3n) is 4.91. The van der Waals surface area contributed by atoms with Gasteiger partial charge in [0, 0.05) is 17.3 Å². The number of carbonyl (C=O) groups is 2. The number of carbonyl (C=O) groups excluding carboxylic acids is 2.